The molecule has 0 N–H and O–H groups in total. The molecule has 0 aliphatic heterocycles. The molecular weight excluding hydrogens is 781 g/mol. The third kappa shape index (κ3) is 49.7. The normalized spacial score (nSPS) is 12.6. The van der Waals surface area contributed by atoms with Crippen LogP contribution in [-0.2, 0) is 28.6 Å². The van der Waals surface area contributed by atoms with Gasteiger partial charge in [0.25, 0.3) is 0 Å². The van der Waals surface area contributed by atoms with Crippen molar-refractivity contribution in [3.63, 3.8) is 0 Å². The highest BCUT2D eigenvalue weighted by molar-refractivity contribution is 5.71. The van der Waals surface area contributed by atoms with Crippen molar-refractivity contribution in [2.45, 2.75) is 258 Å². The van der Waals surface area contributed by atoms with E-state index in [0.717, 1.165) is 96.3 Å². The molecule has 0 saturated carbocycles. The number of allylic oxidation sites excluding steroid dienone is 12. The maximum Gasteiger partial charge on any atom is 0.306 e. The lowest BCUT2D eigenvalue weighted by Crippen LogP contribution is -2.30. The van der Waals surface area contributed by atoms with Crippen LogP contribution < -0.4 is 0 Å². The highest BCUT2D eigenvalue weighted by Crippen LogP contribution is 2.14. The van der Waals surface area contributed by atoms with Crippen molar-refractivity contribution in [1.82, 2.24) is 0 Å². The first-order valence-corrected chi connectivity index (χ1v) is 26.4. The molecule has 0 aromatic carbocycles. The molecule has 0 heterocycles. The summed E-state index contributed by atoms with van der Waals surface area (Å²) in [6.07, 6.45) is 64.6. The Hall–Kier alpha value is -3.15. The second-order valence-corrected chi connectivity index (χ2v) is 17.4. The number of hydrogen-bond acceptors (Lipinski definition) is 6. The predicted octanol–water partition coefficient (Wildman–Crippen LogP) is 17.4. The zero-order valence-electron chi connectivity index (χ0n) is 41.3. The zero-order chi connectivity index (χ0) is 45.8. The Morgan fingerprint density at radius 1 is 0.333 bits per heavy atom. The topological polar surface area (TPSA) is 78.9 Å². The molecule has 0 aliphatic rings. The van der Waals surface area contributed by atoms with Crippen molar-refractivity contribution in [3.8, 4) is 0 Å². The average molecular weight is 879 g/mol. The lowest BCUT2D eigenvalue weighted by molar-refractivity contribution is -0.167. The molecule has 1 atom stereocenters. The van der Waals surface area contributed by atoms with Crippen molar-refractivity contribution >= 4 is 17.9 Å². The number of hydrogen-bond donors (Lipinski definition) is 0. The van der Waals surface area contributed by atoms with Gasteiger partial charge in [-0.1, -0.05) is 203 Å². The van der Waals surface area contributed by atoms with Crippen molar-refractivity contribution in [2.24, 2.45) is 0 Å². The minimum atomic E-state index is -0.796. The van der Waals surface area contributed by atoms with E-state index in [9.17, 15) is 14.4 Å². The van der Waals surface area contributed by atoms with E-state index < -0.39 is 6.10 Å². The first-order valence-electron chi connectivity index (χ1n) is 26.4. The van der Waals surface area contributed by atoms with Gasteiger partial charge < -0.3 is 14.2 Å². The van der Waals surface area contributed by atoms with Crippen molar-refractivity contribution in [3.05, 3.63) is 72.9 Å². The Labute approximate surface area is 389 Å². The lowest BCUT2D eigenvalue weighted by Gasteiger charge is -2.18. The number of rotatable bonds is 47. The predicted molar refractivity (Wildman–Crippen MR) is 270 cm³/mol. The molecule has 0 fully saturated rings. The summed E-state index contributed by atoms with van der Waals surface area (Å²) in [6.45, 7) is 6.44. The van der Waals surface area contributed by atoms with Gasteiger partial charge in [-0.2, -0.15) is 0 Å². The van der Waals surface area contributed by atoms with Crippen LogP contribution in [-0.4, -0.2) is 37.2 Å². The minimum absolute atomic E-state index is 0.0929. The molecular formula is C57H98O6. The van der Waals surface area contributed by atoms with Crippen LogP contribution in [0.3, 0.4) is 0 Å². The quantitative estimate of drug-likeness (QED) is 0.0262. The summed E-state index contributed by atoms with van der Waals surface area (Å²) in [5.74, 6) is -0.946. The van der Waals surface area contributed by atoms with Gasteiger partial charge in [0.05, 0.1) is 0 Å². The van der Waals surface area contributed by atoms with E-state index in [2.05, 4.69) is 93.7 Å². The Balaban J connectivity index is 4.38. The van der Waals surface area contributed by atoms with Gasteiger partial charge >= 0.3 is 17.9 Å². The molecule has 6 heteroatoms. The van der Waals surface area contributed by atoms with Crippen LogP contribution in [0.1, 0.15) is 252 Å². The van der Waals surface area contributed by atoms with Gasteiger partial charge in [-0.25, -0.2) is 0 Å². The molecule has 0 aromatic rings. The van der Waals surface area contributed by atoms with Crippen LogP contribution in [0.25, 0.3) is 0 Å². The summed E-state index contributed by atoms with van der Waals surface area (Å²) in [7, 11) is 0. The summed E-state index contributed by atoms with van der Waals surface area (Å²) in [5, 5.41) is 0. The van der Waals surface area contributed by atoms with Crippen LogP contribution in [0.15, 0.2) is 72.9 Å². The monoisotopic (exact) mass is 879 g/mol. The highest BCUT2D eigenvalue weighted by Gasteiger charge is 2.19. The number of carbonyl (C=O) groups is 3. The second-order valence-electron chi connectivity index (χ2n) is 17.4. The molecule has 0 spiro atoms. The van der Waals surface area contributed by atoms with Gasteiger partial charge in [-0.3, -0.25) is 14.4 Å². The fraction of sp³-hybridized carbons (Fsp3) is 0.737. The maximum absolute atomic E-state index is 12.8. The number of ether oxygens (including phenoxy) is 3. The SMILES string of the molecule is CC/C=C\C/C=C\C/C=C\C/C=C\CCCCC(=O)OC[C@H](COC(=O)CCCCCCCCCCC/C=C\CCCCCCCC)OC(=O)CCCCCCC/C=C\CCCC. The number of carbonyl (C=O) groups excluding carboxylic acids is 3. The highest BCUT2D eigenvalue weighted by atomic mass is 16.6. The third-order valence-corrected chi connectivity index (χ3v) is 11.2. The van der Waals surface area contributed by atoms with E-state index in [1.165, 1.54) is 116 Å². The summed E-state index contributed by atoms with van der Waals surface area (Å²) in [6, 6.07) is 0. The van der Waals surface area contributed by atoms with E-state index in [-0.39, 0.29) is 31.1 Å². The van der Waals surface area contributed by atoms with Gasteiger partial charge in [-0.15, -0.1) is 0 Å². The minimum Gasteiger partial charge on any atom is -0.462 e. The van der Waals surface area contributed by atoms with Gasteiger partial charge in [-0.05, 0) is 103 Å². The number of unbranched alkanes of at least 4 members (excludes halogenated alkanes) is 24. The maximum atomic E-state index is 12.8. The summed E-state index contributed by atoms with van der Waals surface area (Å²) in [5.41, 5.74) is 0. The van der Waals surface area contributed by atoms with Crippen LogP contribution in [0, 0.1) is 0 Å². The molecule has 362 valence electrons. The fourth-order valence-electron chi connectivity index (χ4n) is 7.17. The lowest BCUT2D eigenvalue weighted by atomic mass is 10.1. The van der Waals surface area contributed by atoms with Crippen LogP contribution in [0.4, 0.5) is 0 Å². The Morgan fingerprint density at radius 3 is 1.06 bits per heavy atom. The van der Waals surface area contributed by atoms with Crippen molar-refractivity contribution in [2.75, 3.05) is 13.2 Å². The molecule has 0 amide bonds. The fourth-order valence-corrected chi connectivity index (χ4v) is 7.17. The third-order valence-electron chi connectivity index (χ3n) is 11.2. The molecule has 0 saturated heterocycles. The molecule has 0 aromatic heterocycles. The Bertz CT molecular complexity index is 1190. The molecule has 0 aliphatic carbocycles. The second kappa shape index (κ2) is 51.5. The van der Waals surface area contributed by atoms with Crippen molar-refractivity contribution in [1.29, 1.82) is 0 Å². The molecule has 63 heavy (non-hydrogen) atoms. The first kappa shape index (κ1) is 59.9. The average Bonchev–Trinajstić information content (AvgIpc) is 3.28. The van der Waals surface area contributed by atoms with E-state index in [1.54, 1.807) is 0 Å². The van der Waals surface area contributed by atoms with Crippen molar-refractivity contribution < 1.29 is 28.6 Å². The summed E-state index contributed by atoms with van der Waals surface area (Å²) >= 11 is 0. The smallest absolute Gasteiger partial charge is 0.306 e. The molecule has 0 rings (SSSR count). The standard InChI is InChI=1S/C57H98O6/c1-4-7-10-13-16-19-22-24-26-27-28-29-31-33-36-38-41-44-47-50-56(59)62-53-54(63-57(60)51-48-45-42-39-34-21-18-15-12-9-6-3)52-61-55(58)49-46-43-40-37-35-32-30-25-23-20-17-14-11-8-5-2/h8,11,15,17-18,20,24-26,30,35,37,54H,4-7,9-10,12-14,16,19,21-23,27-29,31-34,36,38-53H2,1-3H3/b11-8-,18-15-,20-17-,26-24-,30-25-,37-35-/t54-/m1/s1. The van der Waals surface area contributed by atoms with Gasteiger partial charge in [0, 0.05) is 19.3 Å². The van der Waals surface area contributed by atoms with E-state index in [1.807, 2.05) is 0 Å². The Morgan fingerprint density at radius 2 is 0.635 bits per heavy atom. The van der Waals surface area contributed by atoms with E-state index in [0.29, 0.717) is 19.3 Å². The first-order chi connectivity index (χ1) is 31.0. The van der Waals surface area contributed by atoms with Crippen LogP contribution in [0.5, 0.6) is 0 Å². The van der Waals surface area contributed by atoms with Crippen LogP contribution in [0.2, 0.25) is 0 Å². The molecule has 6 nitrogen and oxygen atoms in total. The van der Waals surface area contributed by atoms with Gasteiger partial charge in [0.1, 0.15) is 13.2 Å². The summed E-state index contributed by atoms with van der Waals surface area (Å²) < 4.78 is 16.8. The van der Waals surface area contributed by atoms with Gasteiger partial charge in [0.2, 0.25) is 0 Å². The van der Waals surface area contributed by atoms with E-state index >= 15 is 0 Å². The molecule has 0 radical (unpaired) electrons. The molecule has 0 bridgehead atoms. The largest absolute Gasteiger partial charge is 0.462 e. The molecule has 0 unspecified atom stereocenters. The Kier molecular flexibility index (Phi) is 48.9. The van der Waals surface area contributed by atoms with Crippen LogP contribution >= 0.6 is 0 Å². The summed E-state index contributed by atoms with van der Waals surface area (Å²) in [4.78, 5) is 37.9. The number of esters is 3. The van der Waals surface area contributed by atoms with Gasteiger partial charge in [0.15, 0.2) is 6.10 Å². The zero-order valence-corrected chi connectivity index (χ0v) is 41.3. The van der Waals surface area contributed by atoms with E-state index in [4.69, 9.17) is 14.2 Å².